The van der Waals surface area contributed by atoms with Crippen molar-refractivity contribution in [2.75, 3.05) is 19.0 Å². The van der Waals surface area contributed by atoms with Crippen LogP contribution in [-0.2, 0) is 13.6 Å². The number of fused-ring (bicyclic) bond motifs is 1. The lowest BCUT2D eigenvalue weighted by Gasteiger charge is -2.12. The number of nitrogens with one attached hydrogen (secondary N) is 1. The molecular formula is C26H25FN6O. The fraction of sp³-hybridized carbons (Fsp3) is 0.192. The van der Waals surface area contributed by atoms with E-state index in [1.54, 1.807) is 25.8 Å². The molecule has 7 nitrogen and oxygen atoms in total. The molecule has 34 heavy (non-hydrogen) atoms. The molecule has 0 fully saturated rings. The zero-order valence-electron chi connectivity index (χ0n) is 19.3. The van der Waals surface area contributed by atoms with Crippen LogP contribution in [0.15, 0.2) is 67.4 Å². The molecule has 0 spiro atoms. The lowest BCUT2D eigenvalue weighted by Crippen LogP contribution is -2.13. The number of rotatable bonds is 7. The smallest absolute Gasteiger partial charge is 0.147 e. The zero-order valence-corrected chi connectivity index (χ0v) is 19.3. The minimum Gasteiger partial charge on any atom is -0.496 e. The summed E-state index contributed by atoms with van der Waals surface area (Å²) in [4.78, 5) is 13.0. The standard InChI is InChI=1S/C26H25FN6O/c1-17-12-20-24(34-3)9-8-21(27)26(20)33(17)11-10-29-25-13-22(30-15-31-25)18-4-6-19(7-5-18)23-14-28-16-32(23)2/h4-9,12-16H,10-11H2,1-3H3,(H,29,30,31). The summed E-state index contributed by atoms with van der Waals surface area (Å²) >= 11 is 0. The van der Waals surface area contributed by atoms with Gasteiger partial charge in [0, 0.05) is 42.8 Å². The Morgan fingerprint density at radius 2 is 1.82 bits per heavy atom. The molecular weight excluding hydrogens is 431 g/mol. The molecule has 0 saturated heterocycles. The fourth-order valence-corrected chi connectivity index (χ4v) is 4.26. The second-order valence-corrected chi connectivity index (χ2v) is 8.13. The summed E-state index contributed by atoms with van der Waals surface area (Å²) in [5.41, 5.74) is 5.49. The van der Waals surface area contributed by atoms with Crippen LogP contribution in [0.2, 0.25) is 0 Å². The number of ether oxygens (including phenoxy) is 1. The Morgan fingerprint density at radius 1 is 1.03 bits per heavy atom. The SMILES string of the molecule is COc1ccc(F)c2c1cc(C)n2CCNc1cc(-c2ccc(-c3cncn3C)cc2)ncn1. The number of methoxy groups -OCH3 is 1. The van der Waals surface area contributed by atoms with Gasteiger partial charge in [-0.05, 0) is 30.7 Å². The maximum Gasteiger partial charge on any atom is 0.147 e. The van der Waals surface area contributed by atoms with E-state index in [1.807, 2.05) is 53.6 Å². The fourth-order valence-electron chi connectivity index (χ4n) is 4.26. The lowest BCUT2D eigenvalue weighted by molar-refractivity contribution is 0.419. The molecule has 0 radical (unpaired) electrons. The van der Waals surface area contributed by atoms with E-state index in [9.17, 15) is 4.39 Å². The first-order valence-electron chi connectivity index (χ1n) is 11.0. The highest BCUT2D eigenvalue weighted by atomic mass is 19.1. The van der Waals surface area contributed by atoms with Crippen LogP contribution < -0.4 is 10.1 Å². The van der Waals surface area contributed by atoms with E-state index in [-0.39, 0.29) is 5.82 Å². The van der Waals surface area contributed by atoms with Gasteiger partial charge in [0.25, 0.3) is 0 Å². The van der Waals surface area contributed by atoms with E-state index >= 15 is 0 Å². The first kappa shape index (κ1) is 21.6. The van der Waals surface area contributed by atoms with E-state index < -0.39 is 0 Å². The number of aryl methyl sites for hydroxylation is 2. The quantitative estimate of drug-likeness (QED) is 0.370. The molecule has 8 heteroatoms. The average Bonchev–Trinajstić information content (AvgIpc) is 3.43. The molecule has 0 aliphatic rings. The summed E-state index contributed by atoms with van der Waals surface area (Å²) < 4.78 is 23.9. The van der Waals surface area contributed by atoms with Gasteiger partial charge in [-0.1, -0.05) is 24.3 Å². The first-order chi connectivity index (χ1) is 16.5. The number of hydrogen-bond acceptors (Lipinski definition) is 5. The van der Waals surface area contributed by atoms with Crippen LogP contribution in [0.5, 0.6) is 5.75 Å². The summed E-state index contributed by atoms with van der Waals surface area (Å²) in [7, 11) is 3.57. The van der Waals surface area contributed by atoms with Crippen LogP contribution in [0.3, 0.4) is 0 Å². The largest absolute Gasteiger partial charge is 0.496 e. The molecule has 0 aliphatic heterocycles. The van der Waals surface area contributed by atoms with Crippen LogP contribution in [0, 0.1) is 12.7 Å². The third kappa shape index (κ3) is 3.98. The number of halogens is 1. The lowest BCUT2D eigenvalue weighted by atomic mass is 10.1. The molecule has 0 bridgehead atoms. The zero-order chi connectivity index (χ0) is 23.7. The molecule has 0 amide bonds. The van der Waals surface area contributed by atoms with Crippen LogP contribution in [-0.4, -0.2) is 37.7 Å². The van der Waals surface area contributed by atoms with Gasteiger partial charge in [-0.3, -0.25) is 0 Å². The van der Waals surface area contributed by atoms with E-state index in [1.165, 1.54) is 6.07 Å². The van der Waals surface area contributed by atoms with Crippen LogP contribution in [0.4, 0.5) is 10.2 Å². The van der Waals surface area contributed by atoms with E-state index in [2.05, 4.69) is 32.4 Å². The Kier molecular flexibility index (Phi) is 5.71. The number of aromatic nitrogens is 5. The van der Waals surface area contributed by atoms with Crippen molar-refractivity contribution in [1.29, 1.82) is 0 Å². The molecule has 0 aliphatic carbocycles. The Bertz CT molecular complexity index is 1450. The Balaban J connectivity index is 1.31. The monoisotopic (exact) mass is 456 g/mol. The van der Waals surface area contributed by atoms with Crippen molar-refractivity contribution < 1.29 is 9.13 Å². The minimum atomic E-state index is -0.261. The predicted molar refractivity (Wildman–Crippen MR) is 131 cm³/mol. The second kappa shape index (κ2) is 8.97. The summed E-state index contributed by atoms with van der Waals surface area (Å²) in [6.45, 7) is 3.13. The number of benzene rings is 2. The minimum absolute atomic E-state index is 0.261. The topological polar surface area (TPSA) is 69.8 Å². The number of nitrogens with zero attached hydrogens (tertiary/aromatic N) is 5. The molecule has 3 aromatic heterocycles. The Morgan fingerprint density at radius 3 is 2.56 bits per heavy atom. The first-order valence-corrected chi connectivity index (χ1v) is 11.0. The third-order valence-electron chi connectivity index (χ3n) is 6.00. The highest BCUT2D eigenvalue weighted by Crippen LogP contribution is 2.31. The van der Waals surface area contributed by atoms with Gasteiger partial charge in [0.05, 0.1) is 36.5 Å². The van der Waals surface area contributed by atoms with Gasteiger partial charge < -0.3 is 19.2 Å². The van der Waals surface area contributed by atoms with Crippen molar-refractivity contribution in [2.45, 2.75) is 13.5 Å². The van der Waals surface area contributed by atoms with Crippen molar-refractivity contribution in [3.8, 4) is 28.3 Å². The van der Waals surface area contributed by atoms with Gasteiger partial charge in [0.2, 0.25) is 0 Å². The van der Waals surface area contributed by atoms with E-state index in [0.29, 0.717) is 30.2 Å². The van der Waals surface area contributed by atoms with Gasteiger partial charge in [0.15, 0.2) is 0 Å². The number of hydrogen-bond donors (Lipinski definition) is 1. The molecule has 5 rings (SSSR count). The van der Waals surface area contributed by atoms with Crippen molar-refractivity contribution in [3.05, 3.63) is 78.9 Å². The Hall–Kier alpha value is -4.20. The van der Waals surface area contributed by atoms with Crippen molar-refractivity contribution in [3.63, 3.8) is 0 Å². The summed E-state index contributed by atoms with van der Waals surface area (Å²) in [5, 5.41) is 4.11. The average molecular weight is 457 g/mol. The molecule has 1 N–H and O–H groups in total. The predicted octanol–water partition coefficient (Wildman–Crippen LogP) is 5.07. The van der Waals surface area contributed by atoms with E-state index in [4.69, 9.17) is 4.74 Å². The maximum atomic E-state index is 14.6. The number of imidazole rings is 1. The van der Waals surface area contributed by atoms with Crippen molar-refractivity contribution in [1.82, 2.24) is 24.1 Å². The van der Waals surface area contributed by atoms with Gasteiger partial charge in [0.1, 0.15) is 23.7 Å². The van der Waals surface area contributed by atoms with E-state index in [0.717, 1.165) is 33.6 Å². The molecule has 0 atom stereocenters. The molecule has 0 unspecified atom stereocenters. The molecule has 0 saturated carbocycles. The highest BCUT2D eigenvalue weighted by molar-refractivity contribution is 5.88. The summed E-state index contributed by atoms with van der Waals surface area (Å²) in [6, 6.07) is 15.2. The molecule has 5 aromatic rings. The van der Waals surface area contributed by atoms with Gasteiger partial charge in [-0.25, -0.2) is 19.3 Å². The van der Waals surface area contributed by atoms with Crippen LogP contribution in [0.25, 0.3) is 33.4 Å². The second-order valence-electron chi connectivity index (χ2n) is 8.13. The normalized spacial score (nSPS) is 11.2. The van der Waals surface area contributed by atoms with Crippen LogP contribution >= 0.6 is 0 Å². The van der Waals surface area contributed by atoms with Gasteiger partial charge >= 0.3 is 0 Å². The highest BCUT2D eigenvalue weighted by Gasteiger charge is 2.14. The molecule has 2 aromatic carbocycles. The molecule has 172 valence electrons. The van der Waals surface area contributed by atoms with Crippen LogP contribution in [0.1, 0.15) is 5.69 Å². The van der Waals surface area contributed by atoms with Crippen molar-refractivity contribution in [2.24, 2.45) is 7.05 Å². The number of anilines is 1. The Labute approximate surface area is 196 Å². The van der Waals surface area contributed by atoms with Crippen molar-refractivity contribution >= 4 is 16.7 Å². The molecule has 3 heterocycles. The summed E-state index contributed by atoms with van der Waals surface area (Å²) in [5.74, 6) is 1.12. The van der Waals surface area contributed by atoms with Gasteiger partial charge in [-0.15, -0.1) is 0 Å². The third-order valence-corrected chi connectivity index (χ3v) is 6.00. The maximum absolute atomic E-state index is 14.6. The van der Waals surface area contributed by atoms with Gasteiger partial charge in [-0.2, -0.15) is 0 Å². The summed E-state index contributed by atoms with van der Waals surface area (Å²) in [6.07, 6.45) is 5.18.